The Kier molecular flexibility index (Phi) is 3.80. The van der Waals surface area contributed by atoms with E-state index in [2.05, 4.69) is 5.32 Å². The second-order valence-electron chi connectivity index (χ2n) is 4.23. The van der Waals surface area contributed by atoms with Crippen LogP contribution in [0.3, 0.4) is 0 Å². The molecule has 2 aromatic carbocycles. The van der Waals surface area contributed by atoms with Gasteiger partial charge in [0.05, 0.1) is 5.56 Å². The summed E-state index contributed by atoms with van der Waals surface area (Å²) in [5.41, 5.74) is 2.11. The number of anilines is 1. The number of carbonyl (C=O) groups is 1. The number of hydrogen-bond acceptors (Lipinski definition) is 2. The topological polar surface area (TPSA) is 49.3 Å². The first kappa shape index (κ1) is 13.1. The standard InChI is InChI=1S/C15H14FNO2/c1-10-13(16)7-4-8-14(10)17-9-11-5-2-3-6-12(11)15(18)19/h2-8,17H,9H2,1H3,(H,18,19). The van der Waals surface area contributed by atoms with Crippen LogP contribution in [0.25, 0.3) is 0 Å². The summed E-state index contributed by atoms with van der Waals surface area (Å²) in [7, 11) is 0. The highest BCUT2D eigenvalue weighted by Crippen LogP contribution is 2.19. The smallest absolute Gasteiger partial charge is 0.336 e. The van der Waals surface area contributed by atoms with Crippen LogP contribution in [0.1, 0.15) is 21.5 Å². The lowest BCUT2D eigenvalue weighted by Crippen LogP contribution is -2.08. The lowest BCUT2D eigenvalue weighted by molar-refractivity contribution is 0.0696. The van der Waals surface area contributed by atoms with Crippen LogP contribution in [0.15, 0.2) is 42.5 Å². The number of rotatable bonds is 4. The molecule has 0 aliphatic heterocycles. The molecule has 0 bridgehead atoms. The number of carboxylic acids is 1. The molecule has 2 aromatic rings. The third-order valence-corrected chi connectivity index (χ3v) is 2.98. The first-order valence-corrected chi connectivity index (χ1v) is 5.90. The average molecular weight is 259 g/mol. The fourth-order valence-electron chi connectivity index (χ4n) is 1.87. The maximum absolute atomic E-state index is 13.4. The molecule has 2 rings (SSSR count). The van der Waals surface area contributed by atoms with Crippen LogP contribution in [0.5, 0.6) is 0 Å². The monoisotopic (exact) mass is 259 g/mol. The van der Waals surface area contributed by atoms with Crippen molar-refractivity contribution >= 4 is 11.7 Å². The van der Waals surface area contributed by atoms with Crippen molar-refractivity contribution in [2.75, 3.05) is 5.32 Å². The van der Waals surface area contributed by atoms with Crippen LogP contribution < -0.4 is 5.32 Å². The van der Waals surface area contributed by atoms with E-state index in [4.69, 9.17) is 5.11 Å². The largest absolute Gasteiger partial charge is 0.478 e. The second kappa shape index (κ2) is 5.52. The Morgan fingerprint density at radius 3 is 2.68 bits per heavy atom. The van der Waals surface area contributed by atoms with Crippen molar-refractivity contribution in [2.24, 2.45) is 0 Å². The normalized spacial score (nSPS) is 10.2. The molecule has 0 amide bonds. The predicted molar refractivity (Wildman–Crippen MR) is 71.9 cm³/mol. The van der Waals surface area contributed by atoms with E-state index in [1.807, 2.05) is 0 Å². The quantitative estimate of drug-likeness (QED) is 0.884. The molecule has 0 unspecified atom stereocenters. The van der Waals surface area contributed by atoms with Gasteiger partial charge in [0.25, 0.3) is 0 Å². The highest BCUT2D eigenvalue weighted by Gasteiger charge is 2.09. The summed E-state index contributed by atoms with van der Waals surface area (Å²) in [5.74, 6) is -1.25. The Hall–Kier alpha value is -2.36. The molecule has 0 saturated heterocycles. The van der Waals surface area contributed by atoms with Crippen molar-refractivity contribution < 1.29 is 14.3 Å². The Morgan fingerprint density at radius 1 is 1.21 bits per heavy atom. The summed E-state index contributed by atoms with van der Waals surface area (Å²) < 4.78 is 13.4. The molecule has 3 nitrogen and oxygen atoms in total. The maximum atomic E-state index is 13.4. The Labute approximate surface area is 110 Å². The van der Waals surface area contributed by atoms with Crippen molar-refractivity contribution in [3.8, 4) is 0 Å². The van der Waals surface area contributed by atoms with Gasteiger partial charge in [0.1, 0.15) is 5.82 Å². The minimum absolute atomic E-state index is 0.254. The number of halogens is 1. The van der Waals surface area contributed by atoms with E-state index in [0.29, 0.717) is 23.4 Å². The van der Waals surface area contributed by atoms with Crippen molar-refractivity contribution in [2.45, 2.75) is 13.5 Å². The molecule has 0 fully saturated rings. The molecule has 0 atom stereocenters. The average Bonchev–Trinajstić information content (AvgIpc) is 2.40. The summed E-state index contributed by atoms with van der Waals surface area (Å²) in [6.07, 6.45) is 0. The SMILES string of the molecule is Cc1c(F)cccc1NCc1ccccc1C(=O)O. The third kappa shape index (κ3) is 2.91. The Balaban J connectivity index is 2.19. The van der Waals surface area contributed by atoms with Crippen molar-refractivity contribution in [3.63, 3.8) is 0 Å². The number of nitrogens with one attached hydrogen (secondary N) is 1. The van der Waals surface area contributed by atoms with E-state index in [0.717, 1.165) is 0 Å². The summed E-state index contributed by atoms with van der Waals surface area (Å²) >= 11 is 0. The highest BCUT2D eigenvalue weighted by atomic mass is 19.1. The molecule has 19 heavy (non-hydrogen) atoms. The minimum Gasteiger partial charge on any atom is -0.478 e. The molecule has 0 heterocycles. The van der Waals surface area contributed by atoms with Gasteiger partial charge < -0.3 is 10.4 Å². The number of benzene rings is 2. The lowest BCUT2D eigenvalue weighted by atomic mass is 10.1. The van der Waals surface area contributed by atoms with Gasteiger partial charge in [-0.05, 0) is 30.7 Å². The highest BCUT2D eigenvalue weighted by molar-refractivity contribution is 5.89. The molecule has 0 aliphatic carbocycles. The molecule has 2 N–H and O–H groups in total. The van der Waals surface area contributed by atoms with Gasteiger partial charge in [-0.3, -0.25) is 0 Å². The van der Waals surface area contributed by atoms with E-state index in [-0.39, 0.29) is 11.4 Å². The number of hydrogen-bond donors (Lipinski definition) is 2. The molecule has 4 heteroatoms. The summed E-state index contributed by atoms with van der Waals surface area (Å²) in [4.78, 5) is 11.1. The van der Waals surface area contributed by atoms with Gasteiger partial charge >= 0.3 is 5.97 Å². The molecule has 0 aliphatic rings. The lowest BCUT2D eigenvalue weighted by Gasteiger charge is -2.11. The van der Waals surface area contributed by atoms with E-state index in [9.17, 15) is 9.18 Å². The van der Waals surface area contributed by atoms with Crippen LogP contribution in [0.2, 0.25) is 0 Å². The van der Waals surface area contributed by atoms with E-state index >= 15 is 0 Å². The number of carboxylic acid groups (broad SMARTS) is 1. The fraction of sp³-hybridized carbons (Fsp3) is 0.133. The molecule has 0 spiro atoms. The summed E-state index contributed by atoms with van der Waals surface area (Å²) in [6, 6.07) is 11.5. The first-order valence-electron chi connectivity index (χ1n) is 5.90. The van der Waals surface area contributed by atoms with Crippen LogP contribution in [-0.4, -0.2) is 11.1 Å². The van der Waals surface area contributed by atoms with Gasteiger partial charge in [0.15, 0.2) is 0 Å². The van der Waals surface area contributed by atoms with E-state index in [1.54, 1.807) is 43.3 Å². The van der Waals surface area contributed by atoms with Crippen LogP contribution >= 0.6 is 0 Å². The van der Waals surface area contributed by atoms with Gasteiger partial charge in [-0.25, -0.2) is 9.18 Å². The Morgan fingerprint density at radius 2 is 1.95 bits per heavy atom. The Bertz CT molecular complexity index is 611. The third-order valence-electron chi connectivity index (χ3n) is 2.98. The molecular formula is C15H14FNO2. The van der Waals surface area contributed by atoms with E-state index < -0.39 is 5.97 Å². The van der Waals surface area contributed by atoms with Gasteiger partial charge in [-0.15, -0.1) is 0 Å². The second-order valence-corrected chi connectivity index (χ2v) is 4.23. The van der Waals surface area contributed by atoms with Crippen LogP contribution in [0.4, 0.5) is 10.1 Å². The van der Waals surface area contributed by atoms with Gasteiger partial charge in [0.2, 0.25) is 0 Å². The molecule has 0 radical (unpaired) electrons. The van der Waals surface area contributed by atoms with Gasteiger partial charge in [-0.2, -0.15) is 0 Å². The van der Waals surface area contributed by atoms with Crippen LogP contribution in [-0.2, 0) is 6.54 Å². The van der Waals surface area contributed by atoms with E-state index in [1.165, 1.54) is 6.07 Å². The minimum atomic E-state index is -0.964. The van der Waals surface area contributed by atoms with Crippen molar-refractivity contribution in [3.05, 3.63) is 65.0 Å². The maximum Gasteiger partial charge on any atom is 0.336 e. The molecular weight excluding hydrogens is 245 g/mol. The zero-order valence-electron chi connectivity index (χ0n) is 10.5. The number of aromatic carboxylic acids is 1. The van der Waals surface area contributed by atoms with Crippen molar-refractivity contribution in [1.82, 2.24) is 0 Å². The zero-order chi connectivity index (χ0) is 13.8. The van der Waals surface area contributed by atoms with Gasteiger partial charge in [-0.1, -0.05) is 24.3 Å². The zero-order valence-corrected chi connectivity index (χ0v) is 10.5. The molecule has 0 aromatic heterocycles. The van der Waals surface area contributed by atoms with Crippen molar-refractivity contribution in [1.29, 1.82) is 0 Å². The van der Waals surface area contributed by atoms with Crippen LogP contribution in [0, 0.1) is 12.7 Å². The summed E-state index contributed by atoms with van der Waals surface area (Å²) in [5, 5.41) is 12.1. The molecule has 0 saturated carbocycles. The summed E-state index contributed by atoms with van der Waals surface area (Å²) in [6.45, 7) is 2.02. The fourth-order valence-corrected chi connectivity index (χ4v) is 1.87. The van der Waals surface area contributed by atoms with Gasteiger partial charge in [0, 0.05) is 17.8 Å². The predicted octanol–water partition coefficient (Wildman–Crippen LogP) is 3.44. The molecule has 98 valence electrons. The first-order chi connectivity index (χ1) is 9.09.